The fourth-order valence-electron chi connectivity index (χ4n) is 11.3. The van der Waals surface area contributed by atoms with E-state index in [1.807, 2.05) is 6.07 Å². The monoisotopic (exact) mass is 2210 g/mol. The number of benzene rings is 14. The second-order valence-electron chi connectivity index (χ2n) is 27.6. The third-order valence-electron chi connectivity index (χ3n) is 18.0. The number of phenolic OH excluding ortho intramolecular Hbond substituents is 1. The van der Waals surface area contributed by atoms with Crippen LogP contribution in [0.1, 0.15) is 56.9 Å². The number of carboxylic acids is 1. The Hall–Kier alpha value is -13.0. The SMILES string of the molecule is CCOC(=O)C(=O)Cl.COc1ccc(O)cc1.COc1ccc(Oc2c(Cl)cc(N)cc2Cl)cc1Cc1ccc(F)cc1.COc1ccc(Oc2c(Cl)cc([N+](=O)[O-])cc2Cl)cc1.COc1ccc(Oc2c(Cl)cc([N+](=O)[O-])cc2Cl)cc1C(=O)c1ccc(F)cc1.COc1ccc(Oc2c(Cl)cc([N+](=O)[O-])cc2Cl)cc1Cc1ccc(F)cc1.O=C(O)c1ccc(F)cc1.O=[N+]([O-])c1cc(Cl)c(Cl)c(Cl)c1.[H-].[Na+]. The van der Waals surface area contributed by atoms with Crippen LogP contribution in [-0.2, 0) is 27.2 Å². The third kappa shape index (κ3) is 37.7. The average Bonchev–Trinajstić information content (AvgIpc) is 0.825. The first-order valence-electron chi connectivity index (χ1n) is 39.7. The van der Waals surface area contributed by atoms with E-state index in [4.69, 9.17) is 198 Å². The molecule has 0 radical (unpaired) electrons. The zero-order valence-corrected chi connectivity index (χ0v) is 85.8. The second-order valence-corrected chi connectivity index (χ2v) is 32.4. The van der Waals surface area contributed by atoms with Gasteiger partial charge in [-0.25, -0.2) is 27.2 Å². The molecule has 4 N–H and O–H groups in total. The minimum absolute atomic E-state index is 0. The Balaban J connectivity index is 0.000000301. The molecule has 14 aromatic rings. The number of ketones is 1. The number of non-ortho nitro benzene ring substituents is 4. The maximum Gasteiger partial charge on any atom is 1.00 e. The summed E-state index contributed by atoms with van der Waals surface area (Å²) in [5.41, 5.74) is 9.36. The fraction of sp³-hybridized carbons (Fsp3) is 0.0928. The fourth-order valence-corrected chi connectivity index (χ4v) is 14.2. The van der Waals surface area contributed by atoms with Gasteiger partial charge in [-0.3, -0.25) is 50.0 Å². The number of anilines is 1. The van der Waals surface area contributed by atoms with Gasteiger partial charge >= 0.3 is 46.7 Å². The van der Waals surface area contributed by atoms with Gasteiger partial charge in [-0.2, -0.15) is 0 Å². The van der Waals surface area contributed by atoms with Gasteiger partial charge in [-0.15, -0.1) is 0 Å². The van der Waals surface area contributed by atoms with Crippen molar-refractivity contribution in [3.63, 3.8) is 0 Å². The van der Waals surface area contributed by atoms with Crippen molar-refractivity contribution >= 4 is 191 Å². The van der Waals surface area contributed by atoms with Crippen LogP contribution in [0.2, 0.25) is 55.2 Å². The molecule has 0 unspecified atom stereocenters. The number of esters is 1. The Morgan fingerprint density at radius 1 is 0.357 bits per heavy atom. The summed E-state index contributed by atoms with van der Waals surface area (Å²) in [6.45, 7) is 1.77. The Morgan fingerprint density at radius 2 is 0.629 bits per heavy atom. The van der Waals surface area contributed by atoms with Crippen molar-refractivity contribution in [3.8, 4) is 80.5 Å². The molecule has 0 bridgehead atoms. The van der Waals surface area contributed by atoms with Crippen LogP contribution < -0.4 is 77.9 Å². The van der Waals surface area contributed by atoms with E-state index in [2.05, 4.69) is 4.74 Å². The number of rotatable bonds is 26. The molecule has 14 aromatic carbocycles. The van der Waals surface area contributed by atoms with Crippen LogP contribution in [0.15, 0.2) is 261 Å². The quantitative estimate of drug-likeness (QED) is 0.00433. The van der Waals surface area contributed by atoms with Crippen LogP contribution in [0, 0.1) is 63.7 Å². The van der Waals surface area contributed by atoms with Gasteiger partial charge in [0.2, 0.25) is 0 Å². The van der Waals surface area contributed by atoms with Gasteiger partial charge < -0.3 is 64.7 Å². The van der Waals surface area contributed by atoms with Gasteiger partial charge in [0.15, 0.2) is 28.8 Å². The molecule has 143 heavy (non-hydrogen) atoms. The number of carbonyl (C=O) groups excluding carboxylic acids is 3. The molecule has 46 heteroatoms. The van der Waals surface area contributed by atoms with Crippen LogP contribution in [-0.4, -0.2) is 95.0 Å². The van der Waals surface area contributed by atoms with E-state index in [0.29, 0.717) is 68.8 Å². The normalized spacial score (nSPS) is 10.1. The molecule has 0 aliphatic heterocycles. The van der Waals surface area contributed by atoms with Crippen LogP contribution in [0.25, 0.3) is 0 Å². The van der Waals surface area contributed by atoms with Gasteiger partial charge in [0.05, 0.1) is 128 Å². The van der Waals surface area contributed by atoms with Gasteiger partial charge in [0.1, 0.15) is 80.8 Å². The van der Waals surface area contributed by atoms with Crippen molar-refractivity contribution in [3.05, 3.63) is 419 Å². The van der Waals surface area contributed by atoms with E-state index in [9.17, 15) is 77.2 Å². The van der Waals surface area contributed by atoms with Crippen molar-refractivity contribution in [2.24, 2.45) is 0 Å². The van der Waals surface area contributed by atoms with E-state index < -0.39 is 54.3 Å². The first-order valence-corrected chi connectivity index (χ1v) is 44.2. The number of nitrogen functional groups attached to an aromatic ring is 1. The largest absolute Gasteiger partial charge is 1.00 e. The van der Waals surface area contributed by atoms with Crippen molar-refractivity contribution in [1.82, 2.24) is 0 Å². The van der Waals surface area contributed by atoms with Crippen molar-refractivity contribution in [2.75, 3.05) is 47.9 Å². The van der Waals surface area contributed by atoms with E-state index in [0.717, 1.165) is 64.4 Å². The Morgan fingerprint density at radius 3 is 0.923 bits per heavy atom. The summed E-state index contributed by atoms with van der Waals surface area (Å²) in [6.07, 6.45) is 1.05. The Bertz CT molecular complexity index is 6730. The van der Waals surface area contributed by atoms with Crippen molar-refractivity contribution in [2.45, 2.75) is 19.8 Å². The minimum Gasteiger partial charge on any atom is -1.00 e. The number of nitro benzene ring substituents is 4. The number of hydrogen-bond acceptors (Lipinski definition) is 24. The molecule has 0 fully saturated rings. The van der Waals surface area contributed by atoms with Crippen LogP contribution in [0.3, 0.4) is 0 Å². The van der Waals surface area contributed by atoms with Crippen molar-refractivity contribution in [1.29, 1.82) is 0 Å². The van der Waals surface area contributed by atoms with E-state index >= 15 is 0 Å². The van der Waals surface area contributed by atoms with E-state index in [-0.39, 0.29) is 168 Å². The summed E-state index contributed by atoms with van der Waals surface area (Å²) in [6, 6.07) is 62.9. The molecule has 0 atom stereocenters. The maximum atomic E-state index is 13.1. The van der Waals surface area contributed by atoms with Gasteiger partial charge in [0.25, 0.3) is 22.7 Å². The molecule has 0 aromatic heterocycles. The number of carboxylic acid groups (broad SMARTS) is 1. The number of phenols is 1. The number of aromatic hydroxyl groups is 1. The number of methoxy groups -OCH3 is 5. The molecule has 742 valence electrons. The summed E-state index contributed by atoms with van der Waals surface area (Å²) < 4.78 is 104. The molecule has 0 amide bonds. The molecule has 0 saturated heterocycles. The number of nitrogens with zero attached hydrogens (tertiary/aromatic N) is 4. The topological polar surface area (TPSA) is 400 Å². The maximum absolute atomic E-state index is 13.1. The zero-order valence-electron chi connectivity index (χ0n) is 75.7. The second kappa shape index (κ2) is 58.5. The molecule has 0 heterocycles. The molecule has 14 rings (SSSR count). The number of nitro groups is 4. The summed E-state index contributed by atoms with van der Waals surface area (Å²) in [5.74, 6) is 1.70. The standard InChI is InChI=1S/C20H12Cl2FNO5.C20H14Cl2FNO4.C20H16Cl2FNO2.C13H9Cl2NO4.C7H5FO2.C7H8O2.C6H2Cl3NO2.C4H5ClO3.Na.H/c1-28-18-7-6-14(10-15(18)19(25)11-2-4-12(23)5-3-11)29-20-16(21)8-13(24(26)27)9-17(20)22;1-27-19-7-6-16(9-13(19)8-12-2-4-14(23)5-3-12)28-20-17(21)10-15(24(25)26)11-18(20)22;1-25-19-7-6-16(26-20-17(21)10-15(24)11-18(20)22)9-13(19)8-12-2-4-14(23)5-3-12;1-19-9-2-4-10(5-3-9)20-13-11(14)6-8(16(17)18)7-12(13)15;8-6-3-1-5(2-4-6)7(9)10;1-9-7-4-2-6(8)3-5-7;7-4-1-3(10(11)12)2-5(8)6(4)9;1-2-8-4(7)3(5)6;;/h2-10H,1H3;2-7,9-11H,8H2,1H3;2-7,9-11H,8,24H2,1H3;2-7H,1H3;1-4H,(H,9,10);2-5,8H,1H3;1-2H;2H2,1H3;;/q;;;;;;;;+1;-1. The molecule has 29 nitrogen and oxygen atoms in total. The number of ether oxygens (including phenoxy) is 10. The molecule has 0 saturated carbocycles. The molecular weight excluding hydrogens is 2140 g/mol. The van der Waals surface area contributed by atoms with E-state index in [1.54, 1.807) is 151 Å². The first kappa shape index (κ1) is 119. The summed E-state index contributed by atoms with van der Waals surface area (Å²) in [5, 5.41) is 59.8. The van der Waals surface area contributed by atoms with Gasteiger partial charge in [-0.1, -0.05) is 152 Å². The van der Waals surface area contributed by atoms with Crippen molar-refractivity contribution < 1.29 is 145 Å². The van der Waals surface area contributed by atoms with Gasteiger partial charge in [0, 0.05) is 83.8 Å². The predicted molar refractivity (Wildman–Crippen MR) is 535 cm³/mol. The predicted octanol–water partition coefficient (Wildman–Crippen LogP) is 27.2. The first-order chi connectivity index (χ1) is 67.4. The Kier molecular flexibility index (Phi) is 48.6. The number of aromatic carboxylic acids is 1. The zero-order chi connectivity index (χ0) is 105. The van der Waals surface area contributed by atoms with Crippen LogP contribution in [0.5, 0.6) is 80.5 Å². The molecular formula is C97H72Cl12F4N5NaO24. The summed E-state index contributed by atoms with van der Waals surface area (Å²) in [4.78, 5) is 83.2. The van der Waals surface area contributed by atoms with Gasteiger partial charge in [-0.05, 0) is 218 Å². The Labute approximate surface area is 894 Å². The molecule has 0 aliphatic rings. The molecule has 0 spiro atoms. The number of hydrogen-bond donors (Lipinski definition) is 3. The van der Waals surface area contributed by atoms with Crippen LogP contribution in [0.4, 0.5) is 46.0 Å². The van der Waals surface area contributed by atoms with E-state index in [1.165, 1.54) is 110 Å². The summed E-state index contributed by atoms with van der Waals surface area (Å²) in [7, 11) is 7.69. The number of nitrogens with two attached hydrogens (primary N) is 1. The number of halogens is 16. The van der Waals surface area contributed by atoms with Crippen LogP contribution >= 0.6 is 139 Å². The minimum atomic E-state index is -1.08. The average molecular weight is 2220 g/mol. The molecule has 0 aliphatic carbocycles. The summed E-state index contributed by atoms with van der Waals surface area (Å²) >= 11 is 69.9. The number of carbonyl (C=O) groups is 4. The smallest absolute Gasteiger partial charge is 1.00 e. The third-order valence-corrected chi connectivity index (χ3v) is 21.6.